The van der Waals surface area contributed by atoms with Crippen molar-refractivity contribution in [1.82, 2.24) is 4.90 Å². The van der Waals surface area contributed by atoms with E-state index in [0.29, 0.717) is 28.0 Å². The van der Waals surface area contributed by atoms with Gasteiger partial charge in [0, 0.05) is 28.7 Å². The van der Waals surface area contributed by atoms with Gasteiger partial charge in [-0.1, -0.05) is 76.8 Å². The molecule has 0 N–H and O–H groups in total. The molecule has 4 aromatic rings. The number of aryl methyl sites for hydroxylation is 4. The quantitative estimate of drug-likeness (QED) is 0.117. The second-order valence-corrected chi connectivity index (χ2v) is 13.4. The van der Waals surface area contributed by atoms with Crippen LogP contribution in [-0.2, 0) is 13.1 Å². The highest BCUT2D eigenvalue weighted by Gasteiger charge is 2.26. The minimum Gasteiger partial charge on any atom is -1.00 e. The SMILES string of the molecule is CC[N+](CC)(CCCCN(Cc1ccc(C)c(C)c1)C(=O)c1sc2cccc(Cl)c2c1Cl)Cc1cc(C)cc(C)c1.[Br-]. The van der Waals surface area contributed by atoms with Gasteiger partial charge in [0.1, 0.15) is 11.4 Å². The number of nitrogens with zero attached hydrogens (tertiary/aromatic N) is 2. The number of benzene rings is 3. The molecule has 0 aliphatic heterocycles. The molecule has 3 aromatic carbocycles. The molecule has 0 saturated heterocycles. The zero-order valence-corrected chi connectivity index (χ0v) is 29.6. The van der Waals surface area contributed by atoms with E-state index in [1.54, 1.807) is 0 Å². The van der Waals surface area contributed by atoms with E-state index in [4.69, 9.17) is 23.2 Å². The molecule has 0 spiro atoms. The van der Waals surface area contributed by atoms with Crippen molar-refractivity contribution in [2.24, 2.45) is 0 Å². The van der Waals surface area contributed by atoms with E-state index in [9.17, 15) is 4.79 Å². The van der Waals surface area contributed by atoms with Gasteiger partial charge in [-0.2, -0.15) is 0 Å². The van der Waals surface area contributed by atoms with E-state index < -0.39 is 0 Å². The smallest absolute Gasteiger partial charge is 0.265 e. The van der Waals surface area contributed by atoms with Crippen LogP contribution in [-0.4, -0.2) is 41.5 Å². The fourth-order valence-electron chi connectivity index (χ4n) is 5.87. The number of hydrogen-bond acceptors (Lipinski definition) is 2. The van der Waals surface area contributed by atoms with Crippen LogP contribution >= 0.6 is 34.5 Å². The van der Waals surface area contributed by atoms with E-state index >= 15 is 0 Å². The van der Waals surface area contributed by atoms with Crippen LogP contribution in [0.1, 0.15) is 69.7 Å². The van der Waals surface area contributed by atoms with Crippen LogP contribution < -0.4 is 17.0 Å². The lowest BCUT2D eigenvalue weighted by atomic mass is 10.1. The standard InChI is InChI=1S/C35H43Cl2N2OS.BrH/c1-7-39(8-2,23-29-19-24(3)18-25(4)20-29)17-10-9-16-38(22-28-15-14-26(5)27(6)21-28)35(40)34-33(37)32-30(36)12-11-13-31(32)41-34;/h11-15,18-21H,7-10,16-17,22-23H2,1-6H3;1H/q+1;/p-1. The molecule has 0 atom stereocenters. The van der Waals surface area contributed by atoms with Gasteiger partial charge in [-0.05, 0) is 83.2 Å². The molecule has 3 nitrogen and oxygen atoms in total. The summed E-state index contributed by atoms with van der Waals surface area (Å²) in [4.78, 5) is 16.6. The highest BCUT2D eigenvalue weighted by atomic mass is 79.9. The number of halogens is 3. The molecule has 0 radical (unpaired) electrons. The maximum atomic E-state index is 14.0. The number of thiophene rings is 1. The molecule has 0 unspecified atom stereocenters. The Morgan fingerprint density at radius 2 is 1.55 bits per heavy atom. The van der Waals surface area contributed by atoms with E-state index in [0.717, 1.165) is 59.2 Å². The lowest BCUT2D eigenvalue weighted by Crippen LogP contribution is -3.00. The van der Waals surface area contributed by atoms with Crippen molar-refractivity contribution < 1.29 is 26.3 Å². The molecule has 42 heavy (non-hydrogen) atoms. The summed E-state index contributed by atoms with van der Waals surface area (Å²) in [5.74, 6) is -0.0209. The van der Waals surface area contributed by atoms with Crippen LogP contribution in [0.25, 0.3) is 10.1 Å². The van der Waals surface area contributed by atoms with Crippen molar-refractivity contribution >= 4 is 50.5 Å². The van der Waals surface area contributed by atoms with Crippen LogP contribution in [0.4, 0.5) is 0 Å². The summed E-state index contributed by atoms with van der Waals surface area (Å²) in [7, 11) is 0. The summed E-state index contributed by atoms with van der Waals surface area (Å²) in [5, 5.41) is 1.82. The largest absolute Gasteiger partial charge is 1.00 e. The third kappa shape index (κ3) is 8.18. The van der Waals surface area contributed by atoms with Gasteiger partial charge in [0.15, 0.2) is 0 Å². The van der Waals surface area contributed by atoms with Gasteiger partial charge in [-0.25, -0.2) is 0 Å². The van der Waals surface area contributed by atoms with Gasteiger partial charge in [-0.3, -0.25) is 4.79 Å². The topological polar surface area (TPSA) is 20.3 Å². The van der Waals surface area contributed by atoms with Crippen LogP contribution in [0.15, 0.2) is 54.6 Å². The van der Waals surface area contributed by atoms with Crippen LogP contribution in [0.2, 0.25) is 10.0 Å². The van der Waals surface area contributed by atoms with Crippen LogP contribution in [0, 0.1) is 27.7 Å². The Balaban J connectivity index is 0.00000484. The maximum Gasteiger partial charge on any atom is 0.265 e. The Hall–Kier alpha value is -1.89. The number of carbonyl (C=O) groups is 1. The maximum absolute atomic E-state index is 14.0. The number of fused-ring (bicyclic) bond motifs is 1. The molecule has 0 bridgehead atoms. The molecule has 4 rings (SSSR count). The fraction of sp³-hybridized carbons (Fsp3) is 0.400. The number of carbonyl (C=O) groups excluding carboxylic acids is 1. The monoisotopic (exact) mass is 688 g/mol. The highest BCUT2D eigenvalue weighted by molar-refractivity contribution is 7.21. The minimum absolute atomic E-state index is 0. The average Bonchev–Trinajstić information content (AvgIpc) is 3.28. The molecule has 1 amide bonds. The first-order valence-corrected chi connectivity index (χ1v) is 16.3. The molecule has 0 aliphatic carbocycles. The van der Waals surface area contributed by atoms with Crippen molar-refractivity contribution in [3.8, 4) is 0 Å². The van der Waals surface area contributed by atoms with E-state index in [1.807, 2.05) is 23.1 Å². The number of amides is 1. The number of quaternary nitrogens is 1. The first-order chi connectivity index (χ1) is 19.6. The van der Waals surface area contributed by atoms with Crippen molar-refractivity contribution in [3.05, 3.63) is 103 Å². The number of hydrogen-bond donors (Lipinski definition) is 0. The Bertz CT molecular complexity index is 1510. The van der Waals surface area contributed by atoms with Crippen LogP contribution in [0.5, 0.6) is 0 Å². The van der Waals surface area contributed by atoms with Gasteiger partial charge in [0.2, 0.25) is 0 Å². The second kappa shape index (κ2) is 15.2. The van der Waals surface area contributed by atoms with Gasteiger partial charge in [0.25, 0.3) is 5.91 Å². The summed E-state index contributed by atoms with van der Waals surface area (Å²) in [6.45, 7) is 18.8. The minimum atomic E-state index is -0.0209. The number of unbranched alkanes of at least 4 members (excludes halogenated alkanes) is 1. The Morgan fingerprint density at radius 1 is 0.857 bits per heavy atom. The predicted octanol–water partition coefficient (Wildman–Crippen LogP) is 6.93. The fourth-order valence-corrected chi connectivity index (χ4v) is 7.78. The third-order valence-corrected chi connectivity index (χ3v) is 10.4. The molecular weight excluding hydrogens is 647 g/mol. The lowest BCUT2D eigenvalue weighted by Gasteiger charge is -2.37. The number of rotatable bonds is 12. The zero-order valence-electron chi connectivity index (χ0n) is 25.7. The third-order valence-electron chi connectivity index (χ3n) is 8.48. The first-order valence-electron chi connectivity index (χ1n) is 14.7. The molecule has 1 aromatic heterocycles. The Kier molecular flexibility index (Phi) is 12.5. The van der Waals surface area contributed by atoms with Gasteiger partial charge < -0.3 is 26.4 Å². The lowest BCUT2D eigenvalue weighted by molar-refractivity contribution is -0.938. The van der Waals surface area contributed by atoms with E-state index in [1.165, 1.54) is 39.2 Å². The van der Waals surface area contributed by atoms with Crippen molar-refractivity contribution in [2.75, 3.05) is 26.2 Å². The molecule has 1 heterocycles. The molecule has 226 valence electrons. The second-order valence-electron chi connectivity index (χ2n) is 11.6. The molecule has 7 heteroatoms. The summed E-state index contributed by atoms with van der Waals surface area (Å²) in [5.41, 5.74) is 7.69. The summed E-state index contributed by atoms with van der Waals surface area (Å²) in [6.07, 6.45) is 1.99. The first kappa shape index (κ1) is 34.6. The van der Waals surface area contributed by atoms with Gasteiger partial charge in [0.05, 0.1) is 29.7 Å². The average molecular weight is 691 g/mol. The zero-order chi connectivity index (χ0) is 29.7. The highest BCUT2D eigenvalue weighted by Crippen LogP contribution is 2.40. The van der Waals surface area contributed by atoms with Crippen molar-refractivity contribution in [3.63, 3.8) is 0 Å². The Labute approximate surface area is 276 Å². The normalized spacial score (nSPS) is 11.5. The van der Waals surface area contributed by atoms with E-state index in [2.05, 4.69) is 77.9 Å². The molecular formula is C35H43BrCl2N2OS. The van der Waals surface area contributed by atoms with Gasteiger partial charge >= 0.3 is 0 Å². The molecule has 0 fully saturated rings. The predicted molar refractivity (Wildman–Crippen MR) is 178 cm³/mol. The van der Waals surface area contributed by atoms with E-state index in [-0.39, 0.29) is 22.9 Å². The molecule has 0 saturated carbocycles. The molecule has 0 aliphatic rings. The summed E-state index contributed by atoms with van der Waals surface area (Å²) < 4.78 is 1.99. The summed E-state index contributed by atoms with van der Waals surface area (Å²) in [6, 6.07) is 19.1. The van der Waals surface area contributed by atoms with Crippen molar-refractivity contribution in [1.29, 1.82) is 0 Å². The summed E-state index contributed by atoms with van der Waals surface area (Å²) >= 11 is 14.7. The van der Waals surface area contributed by atoms with Crippen molar-refractivity contribution in [2.45, 2.75) is 67.5 Å². The Morgan fingerprint density at radius 3 is 2.17 bits per heavy atom. The van der Waals surface area contributed by atoms with Crippen LogP contribution in [0.3, 0.4) is 0 Å². The van der Waals surface area contributed by atoms with Gasteiger partial charge in [-0.15, -0.1) is 11.3 Å².